The van der Waals surface area contributed by atoms with Gasteiger partial charge in [-0.2, -0.15) is 0 Å². The molecule has 124 valence electrons. The van der Waals surface area contributed by atoms with E-state index in [1.54, 1.807) is 12.1 Å². The fourth-order valence-electron chi connectivity index (χ4n) is 1.92. The number of hydrogen-bond donors (Lipinski definition) is 0. The molecule has 8 heteroatoms. The molecule has 0 spiro atoms. The van der Waals surface area contributed by atoms with Crippen molar-refractivity contribution in [2.75, 3.05) is 12.5 Å². The Hall–Kier alpha value is -1.02. The van der Waals surface area contributed by atoms with Crippen LogP contribution in [0, 0.1) is 0 Å². The van der Waals surface area contributed by atoms with Crippen molar-refractivity contribution in [3.63, 3.8) is 0 Å². The van der Waals surface area contributed by atoms with Gasteiger partial charge in [0.2, 0.25) is 0 Å². The quantitative estimate of drug-likeness (QED) is 0.731. The SMILES string of the molecule is CS(=O)(=O)c1ccc(SCc2cccc(Cl)c2)c(S(C)(=O)=O)c1. The summed E-state index contributed by atoms with van der Waals surface area (Å²) in [5.74, 6) is 0.529. The smallest absolute Gasteiger partial charge is 0.176 e. The van der Waals surface area contributed by atoms with E-state index >= 15 is 0 Å². The molecule has 2 aromatic rings. The van der Waals surface area contributed by atoms with E-state index in [0.29, 0.717) is 15.7 Å². The zero-order valence-corrected chi connectivity index (χ0v) is 15.7. The molecule has 0 aliphatic rings. The average Bonchev–Trinajstić information content (AvgIpc) is 2.43. The van der Waals surface area contributed by atoms with Crippen LogP contribution in [0.2, 0.25) is 5.02 Å². The van der Waals surface area contributed by atoms with Crippen molar-refractivity contribution in [1.29, 1.82) is 0 Å². The summed E-state index contributed by atoms with van der Waals surface area (Å²) >= 11 is 7.25. The Morgan fingerprint density at radius 3 is 2.22 bits per heavy atom. The maximum absolute atomic E-state index is 12.0. The zero-order chi connectivity index (χ0) is 17.3. The fourth-order valence-corrected chi connectivity index (χ4v) is 5.12. The van der Waals surface area contributed by atoms with Crippen LogP contribution in [0.3, 0.4) is 0 Å². The molecule has 4 nitrogen and oxygen atoms in total. The molecule has 0 aliphatic carbocycles. The molecule has 0 aromatic heterocycles. The molecule has 0 amide bonds. The second-order valence-electron chi connectivity index (χ2n) is 5.07. The Kier molecular flexibility index (Phi) is 5.45. The van der Waals surface area contributed by atoms with Crippen LogP contribution in [0.25, 0.3) is 0 Å². The molecule has 0 N–H and O–H groups in total. The lowest BCUT2D eigenvalue weighted by Crippen LogP contribution is -2.04. The number of halogens is 1. The van der Waals surface area contributed by atoms with E-state index in [-0.39, 0.29) is 9.79 Å². The van der Waals surface area contributed by atoms with Gasteiger partial charge in [0, 0.05) is 28.2 Å². The molecular weight excluding hydrogens is 376 g/mol. The first-order chi connectivity index (χ1) is 10.6. The van der Waals surface area contributed by atoms with Crippen LogP contribution in [0.1, 0.15) is 5.56 Å². The first-order valence-corrected chi connectivity index (χ1v) is 11.6. The summed E-state index contributed by atoms with van der Waals surface area (Å²) in [5, 5.41) is 0.610. The lowest BCUT2D eigenvalue weighted by atomic mass is 10.2. The summed E-state index contributed by atoms with van der Waals surface area (Å²) in [6.07, 6.45) is 2.12. The van der Waals surface area contributed by atoms with Gasteiger partial charge >= 0.3 is 0 Å². The Morgan fingerprint density at radius 1 is 0.957 bits per heavy atom. The van der Waals surface area contributed by atoms with E-state index in [4.69, 9.17) is 11.6 Å². The van der Waals surface area contributed by atoms with Gasteiger partial charge in [-0.1, -0.05) is 23.7 Å². The molecule has 0 heterocycles. The Bertz CT molecular complexity index is 935. The molecule has 23 heavy (non-hydrogen) atoms. The highest BCUT2D eigenvalue weighted by atomic mass is 35.5. The number of thioether (sulfide) groups is 1. The van der Waals surface area contributed by atoms with E-state index in [1.807, 2.05) is 12.1 Å². The molecule has 0 saturated heterocycles. The Morgan fingerprint density at radius 2 is 1.65 bits per heavy atom. The van der Waals surface area contributed by atoms with E-state index in [9.17, 15) is 16.8 Å². The second kappa shape index (κ2) is 6.84. The van der Waals surface area contributed by atoms with Crippen molar-refractivity contribution in [1.82, 2.24) is 0 Å². The molecule has 0 fully saturated rings. The van der Waals surface area contributed by atoms with Gasteiger partial charge in [-0.05, 0) is 35.9 Å². The molecule has 0 bridgehead atoms. The predicted molar refractivity (Wildman–Crippen MR) is 93.7 cm³/mol. The minimum absolute atomic E-state index is 0.00923. The highest BCUT2D eigenvalue weighted by molar-refractivity contribution is 7.99. The van der Waals surface area contributed by atoms with Crippen LogP contribution in [0.15, 0.2) is 57.2 Å². The van der Waals surface area contributed by atoms with Gasteiger partial charge in [-0.3, -0.25) is 0 Å². The Balaban J connectivity index is 2.38. The van der Waals surface area contributed by atoms with Crippen molar-refractivity contribution in [2.24, 2.45) is 0 Å². The summed E-state index contributed by atoms with van der Waals surface area (Å²) in [6.45, 7) is 0. The van der Waals surface area contributed by atoms with E-state index < -0.39 is 19.7 Å². The predicted octanol–water partition coefficient (Wildman–Crippen LogP) is 3.44. The number of hydrogen-bond acceptors (Lipinski definition) is 5. The highest BCUT2D eigenvalue weighted by Gasteiger charge is 2.18. The third kappa shape index (κ3) is 4.97. The molecule has 0 radical (unpaired) electrons. The minimum Gasteiger partial charge on any atom is -0.224 e. The van der Waals surface area contributed by atoms with Gasteiger partial charge in [0.15, 0.2) is 19.7 Å². The van der Waals surface area contributed by atoms with Gasteiger partial charge in [0.25, 0.3) is 0 Å². The highest BCUT2D eigenvalue weighted by Crippen LogP contribution is 2.31. The first kappa shape index (κ1) is 18.3. The molecule has 0 atom stereocenters. The van der Waals surface area contributed by atoms with Crippen LogP contribution in [-0.4, -0.2) is 29.3 Å². The van der Waals surface area contributed by atoms with Crippen LogP contribution >= 0.6 is 23.4 Å². The van der Waals surface area contributed by atoms with Crippen LogP contribution in [0.5, 0.6) is 0 Å². The van der Waals surface area contributed by atoms with Gasteiger partial charge < -0.3 is 0 Å². The maximum Gasteiger partial charge on any atom is 0.176 e. The summed E-state index contributed by atoms with van der Waals surface area (Å²) in [4.78, 5) is 0.525. The van der Waals surface area contributed by atoms with E-state index in [1.165, 1.54) is 30.0 Å². The molecule has 0 aliphatic heterocycles. The summed E-state index contributed by atoms with van der Waals surface area (Å²) in [7, 11) is -7.01. The molecular formula is C15H15ClO4S3. The average molecular weight is 391 g/mol. The van der Waals surface area contributed by atoms with Gasteiger partial charge in [-0.15, -0.1) is 11.8 Å². The zero-order valence-electron chi connectivity index (χ0n) is 12.5. The lowest BCUT2D eigenvalue weighted by Gasteiger charge is -2.10. The minimum atomic E-state index is -3.54. The van der Waals surface area contributed by atoms with Gasteiger partial charge in [0.1, 0.15) is 0 Å². The molecule has 0 saturated carbocycles. The van der Waals surface area contributed by atoms with Crippen molar-refractivity contribution >= 4 is 43.0 Å². The lowest BCUT2D eigenvalue weighted by molar-refractivity contribution is 0.598. The normalized spacial score (nSPS) is 12.3. The standard InChI is InChI=1S/C15H15ClO4S3/c1-22(17,18)13-6-7-14(15(9-13)23(2,19)20)21-10-11-4-3-5-12(16)8-11/h3-9H,10H2,1-2H3. The monoisotopic (exact) mass is 390 g/mol. The summed E-state index contributed by atoms with van der Waals surface area (Å²) in [5.41, 5.74) is 0.953. The van der Waals surface area contributed by atoms with Crippen LogP contribution in [-0.2, 0) is 25.4 Å². The van der Waals surface area contributed by atoms with Crippen molar-refractivity contribution < 1.29 is 16.8 Å². The van der Waals surface area contributed by atoms with E-state index in [2.05, 4.69) is 0 Å². The Labute approximate surface area is 145 Å². The van der Waals surface area contributed by atoms with Gasteiger partial charge in [0.05, 0.1) is 9.79 Å². The van der Waals surface area contributed by atoms with Crippen molar-refractivity contribution in [2.45, 2.75) is 20.4 Å². The van der Waals surface area contributed by atoms with Crippen LogP contribution in [0.4, 0.5) is 0 Å². The number of rotatable bonds is 5. The van der Waals surface area contributed by atoms with Crippen molar-refractivity contribution in [3.05, 3.63) is 53.1 Å². The fraction of sp³-hybridized carbons (Fsp3) is 0.200. The molecule has 0 unspecified atom stereocenters. The topological polar surface area (TPSA) is 68.3 Å². The molecule has 2 rings (SSSR count). The van der Waals surface area contributed by atoms with E-state index in [0.717, 1.165) is 18.1 Å². The third-order valence-corrected chi connectivity index (χ3v) is 6.78. The molecule has 2 aromatic carbocycles. The summed E-state index contributed by atoms with van der Waals surface area (Å²) in [6, 6.07) is 11.4. The maximum atomic E-state index is 12.0. The van der Waals surface area contributed by atoms with Gasteiger partial charge in [-0.25, -0.2) is 16.8 Å². The summed E-state index contributed by atoms with van der Waals surface area (Å²) < 4.78 is 47.2. The van der Waals surface area contributed by atoms with Crippen LogP contribution < -0.4 is 0 Å². The number of sulfone groups is 2. The van der Waals surface area contributed by atoms with Crippen molar-refractivity contribution in [3.8, 4) is 0 Å². The first-order valence-electron chi connectivity index (χ1n) is 6.49. The number of benzene rings is 2. The second-order valence-corrected chi connectivity index (χ2v) is 10.5. The largest absolute Gasteiger partial charge is 0.224 e. The third-order valence-electron chi connectivity index (χ3n) is 3.03.